The quantitative estimate of drug-likeness (QED) is 0.655. The predicted octanol–water partition coefficient (Wildman–Crippen LogP) is 1.01. The molecule has 8 nitrogen and oxygen atoms in total. The number of nitrogens with two attached hydrogens (primary N) is 1. The zero-order valence-electron chi connectivity index (χ0n) is 13.8. The molecule has 3 amide bonds. The van der Waals surface area contributed by atoms with Gasteiger partial charge in [-0.3, -0.25) is 19.3 Å². The second-order valence-corrected chi connectivity index (χ2v) is 8.33. The molecule has 1 aliphatic heterocycles. The van der Waals surface area contributed by atoms with Crippen molar-refractivity contribution >= 4 is 43.7 Å². The number of rotatable bonds is 5. The number of carbonyl (C=O) groups is 3. The van der Waals surface area contributed by atoms with Crippen molar-refractivity contribution in [2.75, 3.05) is 6.54 Å². The fraction of sp³-hybridized carbons (Fsp3) is 0.118. The van der Waals surface area contributed by atoms with Gasteiger partial charge in [-0.2, -0.15) is 0 Å². The number of benzene rings is 2. The lowest BCUT2D eigenvalue weighted by atomic mass is 10.1. The molecule has 0 bridgehead atoms. The molecule has 0 aromatic heterocycles. The van der Waals surface area contributed by atoms with E-state index in [-0.39, 0.29) is 22.6 Å². The van der Waals surface area contributed by atoms with Crippen LogP contribution >= 0.6 is 15.9 Å². The molecule has 140 valence electrons. The number of carbonyl (C=O) groups excluding carboxylic acids is 3. The van der Waals surface area contributed by atoms with E-state index in [0.717, 1.165) is 4.90 Å². The molecule has 10 heteroatoms. The third-order valence-corrected chi connectivity index (χ3v) is 5.40. The van der Waals surface area contributed by atoms with Crippen LogP contribution in [0.15, 0.2) is 51.8 Å². The van der Waals surface area contributed by atoms with Gasteiger partial charge in [0.25, 0.3) is 11.8 Å². The minimum Gasteiger partial charge on any atom is -0.350 e. The Labute approximate surface area is 163 Å². The van der Waals surface area contributed by atoms with Crippen LogP contribution in [0.4, 0.5) is 0 Å². The number of primary sulfonamides is 1. The van der Waals surface area contributed by atoms with Gasteiger partial charge < -0.3 is 5.32 Å². The van der Waals surface area contributed by atoms with E-state index >= 15 is 0 Å². The van der Waals surface area contributed by atoms with Crippen LogP contribution in [0.2, 0.25) is 0 Å². The Hall–Kier alpha value is -2.56. The van der Waals surface area contributed by atoms with Crippen molar-refractivity contribution in [3.8, 4) is 0 Å². The van der Waals surface area contributed by atoms with E-state index in [1.54, 1.807) is 12.1 Å². The first-order valence-electron chi connectivity index (χ1n) is 7.71. The van der Waals surface area contributed by atoms with E-state index in [2.05, 4.69) is 21.2 Å². The maximum absolute atomic E-state index is 12.3. The molecule has 2 aromatic carbocycles. The van der Waals surface area contributed by atoms with Crippen LogP contribution in [0.1, 0.15) is 26.3 Å². The van der Waals surface area contributed by atoms with Crippen molar-refractivity contribution in [1.82, 2.24) is 10.2 Å². The predicted molar refractivity (Wildman–Crippen MR) is 99.2 cm³/mol. The molecule has 1 aliphatic rings. The average molecular weight is 452 g/mol. The normalized spacial score (nSPS) is 13.6. The third kappa shape index (κ3) is 4.07. The van der Waals surface area contributed by atoms with E-state index in [1.807, 2.05) is 0 Å². The van der Waals surface area contributed by atoms with Crippen molar-refractivity contribution in [1.29, 1.82) is 0 Å². The Morgan fingerprint density at radius 2 is 1.67 bits per heavy atom. The van der Waals surface area contributed by atoms with Gasteiger partial charge in [-0.05, 0) is 35.9 Å². The fourth-order valence-electron chi connectivity index (χ4n) is 2.60. The Kier molecular flexibility index (Phi) is 5.13. The summed E-state index contributed by atoms with van der Waals surface area (Å²) in [7, 11) is -3.78. The van der Waals surface area contributed by atoms with Gasteiger partial charge in [0.2, 0.25) is 15.9 Å². The molecule has 0 unspecified atom stereocenters. The van der Waals surface area contributed by atoms with Crippen molar-refractivity contribution in [2.45, 2.75) is 11.4 Å². The second-order valence-electron chi connectivity index (χ2n) is 5.85. The Morgan fingerprint density at radius 1 is 1.04 bits per heavy atom. The molecule has 0 atom stereocenters. The monoisotopic (exact) mass is 451 g/mol. The summed E-state index contributed by atoms with van der Waals surface area (Å²) in [5.41, 5.74) is 1.15. The third-order valence-electron chi connectivity index (χ3n) is 3.98. The smallest absolute Gasteiger partial charge is 0.262 e. The van der Waals surface area contributed by atoms with Crippen LogP contribution < -0.4 is 10.5 Å². The molecule has 0 saturated carbocycles. The number of nitrogens with zero attached hydrogens (tertiary/aromatic N) is 1. The highest BCUT2D eigenvalue weighted by Crippen LogP contribution is 2.25. The first-order valence-corrected chi connectivity index (χ1v) is 10.0. The fourth-order valence-corrected chi connectivity index (χ4v) is 3.48. The average Bonchev–Trinajstić information content (AvgIpc) is 2.84. The summed E-state index contributed by atoms with van der Waals surface area (Å²) in [6.07, 6.45) is 0. The van der Waals surface area contributed by atoms with E-state index in [9.17, 15) is 22.8 Å². The molecule has 3 N–H and O–H groups in total. The van der Waals surface area contributed by atoms with Crippen LogP contribution in [-0.4, -0.2) is 37.6 Å². The van der Waals surface area contributed by atoms with Gasteiger partial charge in [-0.15, -0.1) is 0 Å². The summed E-state index contributed by atoms with van der Waals surface area (Å²) in [5, 5.41) is 7.61. The van der Waals surface area contributed by atoms with Crippen molar-refractivity contribution in [3.05, 3.63) is 63.6 Å². The van der Waals surface area contributed by atoms with Crippen LogP contribution in [0, 0.1) is 0 Å². The number of halogens is 1. The molecule has 1 heterocycles. The Bertz CT molecular complexity index is 1050. The van der Waals surface area contributed by atoms with Gasteiger partial charge in [0.15, 0.2) is 0 Å². The highest BCUT2D eigenvalue weighted by atomic mass is 79.9. The van der Waals surface area contributed by atoms with E-state index in [4.69, 9.17) is 5.14 Å². The van der Waals surface area contributed by atoms with Crippen molar-refractivity contribution in [3.63, 3.8) is 0 Å². The molecule has 3 rings (SSSR count). The molecular weight excluding hydrogens is 438 g/mol. The standard InChI is InChI=1S/C17H14BrN3O5S/c18-11-3-6-13-14(7-11)17(24)21(16(13)23)9-15(22)20-8-10-1-4-12(5-2-10)27(19,25)26/h1-7H,8-9H2,(H,20,22)(H2,19,25,26). The summed E-state index contributed by atoms with van der Waals surface area (Å²) < 4.78 is 23.1. The minimum absolute atomic E-state index is 0.0326. The zero-order valence-corrected chi connectivity index (χ0v) is 16.2. The molecule has 2 aromatic rings. The maximum atomic E-state index is 12.3. The van der Waals surface area contributed by atoms with Gasteiger partial charge in [0.05, 0.1) is 16.0 Å². The first-order chi connectivity index (χ1) is 12.7. The van der Waals surface area contributed by atoms with Crippen molar-refractivity contribution in [2.24, 2.45) is 5.14 Å². The summed E-state index contributed by atoms with van der Waals surface area (Å²) >= 11 is 3.24. The highest BCUT2D eigenvalue weighted by molar-refractivity contribution is 9.10. The minimum atomic E-state index is -3.78. The Balaban J connectivity index is 1.62. The van der Waals surface area contributed by atoms with E-state index in [0.29, 0.717) is 10.0 Å². The largest absolute Gasteiger partial charge is 0.350 e. The van der Waals surface area contributed by atoms with Crippen LogP contribution in [0.25, 0.3) is 0 Å². The first kappa shape index (κ1) is 19.2. The zero-order chi connectivity index (χ0) is 19.8. The second kappa shape index (κ2) is 7.22. The number of imide groups is 1. The molecule has 0 fully saturated rings. The van der Waals surface area contributed by atoms with Gasteiger partial charge in [0, 0.05) is 11.0 Å². The molecule has 27 heavy (non-hydrogen) atoms. The van der Waals surface area contributed by atoms with Gasteiger partial charge in [-0.25, -0.2) is 13.6 Å². The number of sulfonamides is 1. The number of amides is 3. The van der Waals surface area contributed by atoms with E-state index < -0.39 is 34.3 Å². The SMILES string of the molecule is NS(=O)(=O)c1ccc(CNC(=O)CN2C(=O)c3ccc(Br)cc3C2=O)cc1. The highest BCUT2D eigenvalue weighted by Gasteiger charge is 2.36. The van der Waals surface area contributed by atoms with E-state index in [1.165, 1.54) is 30.3 Å². The maximum Gasteiger partial charge on any atom is 0.262 e. The Morgan fingerprint density at radius 3 is 2.30 bits per heavy atom. The van der Waals surface area contributed by atoms with Crippen LogP contribution in [-0.2, 0) is 21.4 Å². The van der Waals surface area contributed by atoms with Gasteiger partial charge >= 0.3 is 0 Å². The summed E-state index contributed by atoms with van der Waals surface area (Å²) in [5.74, 6) is -1.56. The summed E-state index contributed by atoms with van der Waals surface area (Å²) in [6.45, 7) is -0.294. The van der Waals surface area contributed by atoms with Crippen LogP contribution in [0.5, 0.6) is 0 Å². The van der Waals surface area contributed by atoms with Crippen molar-refractivity contribution < 1.29 is 22.8 Å². The van der Waals surface area contributed by atoms with Crippen LogP contribution in [0.3, 0.4) is 0 Å². The number of fused-ring (bicyclic) bond motifs is 1. The molecule has 0 aliphatic carbocycles. The van der Waals surface area contributed by atoms with Gasteiger partial charge in [-0.1, -0.05) is 28.1 Å². The number of hydrogen-bond acceptors (Lipinski definition) is 5. The summed E-state index contributed by atoms with van der Waals surface area (Å²) in [4.78, 5) is 37.6. The number of hydrogen-bond donors (Lipinski definition) is 2. The lowest BCUT2D eigenvalue weighted by molar-refractivity contribution is -0.121. The molecular formula is C17H14BrN3O5S. The summed E-state index contributed by atoms with van der Waals surface area (Å²) in [6, 6.07) is 10.4. The van der Waals surface area contributed by atoms with Gasteiger partial charge in [0.1, 0.15) is 6.54 Å². The lowest BCUT2D eigenvalue weighted by Crippen LogP contribution is -2.40. The number of nitrogens with one attached hydrogen (secondary N) is 1. The molecule has 0 radical (unpaired) electrons. The molecule has 0 saturated heterocycles. The lowest BCUT2D eigenvalue weighted by Gasteiger charge is -2.13. The topological polar surface area (TPSA) is 127 Å². The molecule has 0 spiro atoms.